The van der Waals surface area contributed by atoms with E-state index in [9.17, 15) is 9.50 Å². The van der Waals surface area contributed by atoms with E-state index in [0.29, 0.717) is 5.56 Å². The molecule has 0 aliphatic carbocycles. The Bertz CT molecular complexity index is 415. The average Bonchev–Trinajstić information content (AvgIpc) is 2.21. The number of nitrogens with two attached hydrogens (primary N) is 1. The van der Waals surface area contributed by atoms with E-state index in [2.05, 4.69) is 0 Å². The second-order valence-electron chi connectivity index (χ2n) is 3.23. The molecule has 0 radical (unpaired) electrons. The van der Waals surface area contributed by atoms with Gasteiger partial charge in [0.15, 0.2) is 6.10 Å². The molecule has 0 heterocycles. The van der Waals surface area contributed by atoms with Gasteiger partial charge in [-0.15, -0.1) is 0 Å². The molecule has 15 heavy (non-hydrogen) atoms. The molecule has 0 saturated carbocycles. The van der Waals surface area contributed by atoms with Crippen LogP contribution in [0, 0.1) is 24.1 Å². The molecule has 0 amide bonds. The van der Waals surface area contributed by atoms with Crippen LogP contribution in [-0.4, -0.2) is 16.3 Å². The maximum absolute atomic E-state index is 13.0. The summed E-state index contributed by atoms with van der Waals surface area (Å²) >= 11 is 0. The first-order chi connectivity index (χ1) is 6.97. The lowest BCUT2D eigenvalue weighted by atomic mass is 9.98. The van der Waals surface area contributed by atoms with Crippen molar-refractivity contribution in [2.24, 2.45) is 0 Å². The Labute approximate surface area is 86.4 Å². The third-order valence-electron chi connectivity index (χ3n) is 2.20. The molecule has 0 bridgehead atoms. The van der Waals surface area contributed by atoms with Crippen molar-refractivity contribution in [1.82, 2.24) is 0 Å². The molecular formula is C10H11FN2O2. The summed E-state index contributed by atoms with van der Waals surface area (Å²) in [5.74, 6) is -0.614. The minimum Gasteiger partial charge on any atom is -0.398 e. The number of nitrogens with zero attached hydrogens (tertiary/aromatic N) is 1. The van der Waals surface area contributed by atoms with Crippen molar-refractivity contribution in [3.05, 3.63) is 29.1 Å². The maximum Gasteiger partial charge on any atom is 0.170 e. The molecule has 1 rings (SSSR count). The minimum absolute atomic E-state index is 0.126. The van der Waals surface area contributed by atoms with Crippen LogP contribution in [0.2, 0.25) is 0 Å². The number of anilines is 1. The number of rotatable bonds is 2. The Balaban J connectivity index is 3.20. The predicted octanol–water partition coefficient (Wildman–Crippen LogP) is 0.634. The lowest BCUT2D eigenvalue weighted by Crippen LogP contribution is -2.17. The number of benzene rings is 1. The Hall–Kier alpha value is -1.64. The highest BCUT2D eigenvalue weighted by atomic mass is 19.1. The van der Waals surface area contributed by atoms with Gasteiger partial charge < -0.3 is 15.9 Å². The van der Waals surface area contributed by atoms with Crippen molar-refractivity contribution < 1.29 is 14.6 Å². The quantitative estimate of drug-likeness (QED) is 0.493. The number of aliphatic hydroxyl groups is 2. The predicted molar refractivity (Wildman–Crippen MR) is 52.1 cm³/mol. The zero-order valence-electron chi connectivity index (χ0n) is 8.11. The Morgan fingerprint density at radius 3 is 2.60 bits per heavy atom. The van der Waals surface area contributed by atoms with Gasteiger partial charge in [-0.1, -0.05) is 0 Å². The van der Waals surface area contributed by atoms with Crippen LogP contribution < -0.4 is 5.73 Å². The van der Waals surface area contributed by atoms with Crippen LogP contribution in [-0.2, 0) is 0 Å². The molecule has 5 heteroatoms. The molecule has 2 unspecified atom stereocenters. The Kier molecular flexibility index (Phi) is 3.24. The van der Waals surface area contributed by atoms with Gasteiger partial charge >= 0.3 is 0 Å². The van der Waals surface area contributed by atoms with Crippen LogP contribution in [0.1, 0.15) is 17.2 Å². The van der Waals surface area contributed by atoms with Gasteiger partial charge in [-0.05, 0) is 30.2 Å². The van der Waals surface area contributed by atoms with Crippen molar-refractivity contribution in [2.45, 2.75) is 19.1 Å². The first-order valence-corrected chi connectivity index (χ1v) is 4.28. The number of halogens is 1. The van der Waals surface area contributed by atoms with Gasteiger partial charge in [-0.3, -0.25) is 0 Å². The fourth-order valence-corrected chi connectivity index (χ4v) is 1.27. The first-order valence-electron chi connectivity index (χ1n) is 4.28. The summed E-state index contributed by atoms with van der Waals surface area (Å²) in [7, 11) is 0. The van der Waals surface area contributed by atoms with Gasteiger partial charge in [0.2, 0.25) is 0 Å². The number of hydrogen-bond acceptors (Lipinski definition) is 4. The van der Waals surface area contributed by atoms with Gasteiger partial charge in [0, 0.05) is 5.69 Å². The van der Waals surface area contributed by atoms with Crippen LogP contribution in [0.5, 0.6) is 0 Å². The van der Waals surface area contributed by atoms with Crippen LogP contribution in [0.3, 0.4) is 0 Å². The Morgan fingerprint density at radius 2 is 2.07 bits per heavy atom. The van der Waals surface area contributed by atoms with Crippen molar-refractivity contribution in [3.63, 3.8) is 0 Å². The van der Waals surface area contributed by atoms with E-state index in [-0.39, 0.29) is 11.3 Å². The van der Waals surface area contributed by atoms with E-state index in [1.54, 1.807) is 6.92 Å². The van der Waals surface area contributed by atoms with Crippen LogP contribution in [0.4, 0.5) is 10.1 Å². The lowest BCUT2D eigenvalue weighted by Gasteiger charge is -2.16. The average molecular weight is 210 g/mol. The topological polar surface area (TPSA) is 90.3 Å². The molecule has 0 aliphatic rings. The number of nitriles is 1. The Morgan fingerprint density at radius 1 is 1.47 bits per heavy atom. The highest BCUT2D eigenvalue weighted by Crippen LogP contribution is 2.25. The summed E-state index contributed by atoms with van der Waals surface area (Å²) < 4.78 is 13.0. The fourth-order valence-electron chi connectivity index (χ4n) is 1.27. The SMILES string of the molecule is Cc1c(N)cc(F)cc1C(O)C(O)C#N. The molecule has 0 fully saturated rings. The third kappa shape index (κ3) is 2.24. The normalized spacial score (nSPS) is 14.3. The maximum atomic E-state index is 13.0. The molecule has 0 spiro atoms. The minimum atomic E-state index is -1.59. The fraction of sp³-hybridized carbons (Fsp3) is 0.300. The van der Waals surface area contributed by atoms with E-state index >= 15 is 0 Å². The molecule has 4 nitrogen and oxygen atoms in total. The van der Waals surface area contributed by atoms with Crippen molar-refractivity contribution in [3.8, 4) is 6.07 Å². The van der Waals surface area contributed by atoms with E-state index < -0.39 is 18.0 Å². The lowest BCUT2D eigenvalue weighted by molar-refractivity contribution is 0.0522. The van der Waals surface area contributed by atoms with Crippen molar-refractivity contribution in [2.75, 3.05) is 5.73 Å². The van der Waals surface area contributed by atoms with Crippen LogP contribution in [0.25, 0.3) is 0 Å². The largest absolute Gasteiger partial charge is 0.398 e. The van der Waals surface area contributed by atoms with Gasteiger partial charge in [-0.25, -0.2) is 4.39 Å². The third-order valence-corrected chi connectivity index (χ3v) is 2.20. The highest BCUT2D eigenvalue weighted by molar-refractivity contribution is 5.51. The molecule has 1 aromatic rings. The molecule has 0 aromatic heterocycles. The van der Waals surface area contributed by atoms with E-state index in [4.69, 9.17) is 16.1 Å². The number of nitrogen functional groups attached to an aromatic ring is 1. The zero-order chi connectivity index (χ0) is 11.6. The second kappa shape index (κ2) is 4.26. The smallest absolute Gasteiger partial charge is 0.170 e. The number of aliphatic hydroxyl groups excluding tert-OH is 2. The van der Waals surface area contributed by atoms with Gasteiger partial charge in [0.25, 0.3) is 0 Å². The van der Waals surface area contributed by atoms with Crippen LogP contribution >= 0.6 is 0 Å². The zero-order valence-corrected chi connectivity index (χ0v) is 8.11. The number of hydrogen-bond donors (Lipinski definition) is 3. The summed E-state index contributed by atoms with van der Waals surface area (Å²) in [4.78, 5) is 0. The van der Waals surface area contributed by atoms with Gasteiger partial charge in [-0.2, -0.15) is 5.26 Å². The molecular weight excluding hydrogens is 199 g/mol. The van der Waals surface area contributed by atoms with Crippen molar-refractivity contribution >= 4 is 5.69 Å². The van der Waals surface area contributed by atoms with E-state index in [0.717, 1.165) is 12.1 Å². The monoisotopic (exact) mass is 210 g/mol. The summed E-state index contributed by atoms with van der Waals surface area (Å²) in [6.45, 7) is 1.58. The standard InChI is InChI=1S/C10H11FN2O2/c1-5-7(10(15)9(14)4-12)2-6(11)3-8(5)13/h2-3,9-10,14-15H,13H2,1H3. The molecule has 2 atom stereocenters. The van der Waals surface area contributed by atoms with Crippen molar-refractivity contribution in [1.29, 1.82) is 5.26 Å². The molecule has 80 valence electrons. The van der Waals surface area contributed by atoms with Gasteiger partial charge in [0.1, 0.15) is 11.9 Å². The first kappa shape index (κ1) is 11.4. The second-order valence-corrected chi connectivity index (χ2v) is 3.23. The summed E-state index contributed by atoms with van der Waals surface area (Å²) in [5.41, 5.74) is 6.24. The molecule has 0 aliphatic heterocycles. The summed E-state index contributed by atoms with van der Waals surface area (Å²) in [5, 5.41) is 27.0. The van der Waals surface area contributed by atoms with Crippen LogP contribution in [0.15, 0.2) is 12.1 Å². The molecule has 4 N–H and O–H groups in total. The van der Waals surface area contributed by atoms with E-state index in [1.165, 1.54) is 6.07 Å². The summed E-state index contributed by atoms with van der Waals surface area (Å²) in [6.07, 6.45) is -3.04. The van der Waals surface area contributed by atoms with Gasteiger partial charge in [0.05, 0.1) is 6.07 Å². The van der Waals surface area contributed by atoms with E-state index in [1.807, 2.05) is 0 Å². The highest BCUT2D eigenvalue weighted by Gasteiger charge is 2.21. The molecule has 0 saturated heterocycles. The molecule has 1 aromatic carbocycles. The summed E-state index contributed by atoms with van der Waals surface area (Å²) in [6, 6.07) is 3.64.